The number of aliphatic hydroxyl groups excluding tert-OH is 1. The van der Waals surface area contributed by atoms with E-state index in [-0.39, 0.29) is 6.23 Å². The predicted octanol–water partition coefficient (Wildman–Crippen LogP) is 0.973. The Balaban J connectivity index is 2.42. The summed E-state index contributed by atoms with van der Waals surface area (Å²) in [5.74, 6) is 0. The van der Waals surface area contributed by atoms with Crippen LogP contribution >= 0.6 is 0 Å². The number of hydrogen-bond acceptors (Lipinski definition) is 2. The first-order chi connectivity index (χ1) is 4.86. The van der Waals surface area contributed by atoms with Gasteiger partial charge in [-0.15, -0.1) is 0 Å². The van der Waals surface area contributed by atoms with E-state index in [1.807, 2.05) is 24.3 Å². The van der Waals surface area contributed by atoms with Crippen molar-refractivity contribution in [1.29, 1.82) is 0 Å². The normalized spacial score (nSPS) is 21.9. The Hall–Kier alpha value is -1.02. The molecule has 2 N–H and O–H groups in total. The van der Waals surface area contributed by atoms with Crippen molar-refractivity contribution in [2.45, 2.75) is 12.6 Å². The van der Waals surface area contributed by atoms with Crippen molar-refractivity contribution >= 4 is 5.69 Å². The van der Waals surface area contributed by atoms with Crippen LogP contribution in [-0.2, 0) is 6.42 Å². The summed E-state index contributed by atoms with van der Waals surface area (Å²) in [6.07, 6.45) is 0.355. The highest BCUT2D eigenvalue weighted by Crippen LogP contribution is 2.23. The fourth-order valence-corrected chi connectivity index (χ4v) is 1.28. The molecular weight excluding hydrogens is 126 g/mol. The van der Waals surface area contributed by atoms with E-state index in [0.717, 1.165) is 12.1 Å². The minimum atomic E-state index is -0.377. The van der Waals surface area contributed by atoms with Crippen LogP contribution in [0.15, 0.2) is 24.3 Å². The maximum Gasteiger partial charge on any atom is 0.128 e. The molecule has 10 heavy (non-hydrogen) atoms. The number of para-hydroxylation sites is 1. The summed E-state index contributed by atoms with van der Waals surface area (Å²) >= 11 is 0. The zero-order valence-electron chi connectivity index (χ0n) is 5.54. The van der Waals surface area contributed by atoms with Gasteiger partial charge < -0.3 is 10.4 Å². The molecule has 2 heteroatoms. The molecule has 1 aliphatic heterocycles. The summed E-state index contributed by atoms with van der Waals surface area (Å²) < 4.78 is 0. The highest BCUT2D eigenvalue weighted by Gasteiger charge is 2.15. The van der Waals surface area contributed by atoms with Crippen molar-refractivity contribution in [1.82, 2.24) is 0 Å². The number of rotatable bonds is 0. The van der Waals surface area contributed by atoms with Crippen LogP contribution in [0.2, 0.25) is 0 Å². The SMILES string of the molecule is O[C@@H]1Cc2ccccc2N1. The van der Waals surface area contributed by atoms with Crippen LogP contribution in [0, 0.1) is 0 Å². The molecule has 1 atom stereocenters. The van der Waals surface area contributed by atoms with Gasteiger partial charge in [0.15, 0.2) is 0 Å². The standard InChI is InChI=1S/C8H9NO/c10-8-5-6-3-1-2-4-7(6)9-8/h1-4,8-10H,5H2/t8-/m1/s1. The highest BCUT2D eigenvalue weighted by atomic mass is 16.3. The molecule has 1 aliphatic rings. The summed E-state index contributed by atoms with van der Waals surface area (Å²) in [4.78, 5) is 0. The smallest absolute Gasteiger partial charge is 0.128 e. The molecule has 1 heterocycles. The number of aliphatic hydroxyl groups is 1. The van der Waals surface area contributed by atoms with Gasteiger partial charge in [0.25, 0.3) is 0 Å². The summed E-state index contributed by atoms with van der Waals surface area (Å²) in [5, 5.41) is 12.1. The largest absolute Gasteiger partial charge is 0.373 e. The van der Waals surface area contributed by atoms with Crippen molar-refractivity contribution in [3.8, 4) is 0 Å². The van der Waals surface area contributed by atoms with Gasteiger partial charge in [0.2, 0.25) is 0 Å². The third-order valence-electron chi connectivity index (χ3n) is 1.75. The second-order valence-corrected chi connectivity index (χ2v) is 2.52. The Morgan fingerprint density at radius 1 is 1.40 bits per heavy atom. The van der Waals surface area contributed by atoms with Crippen LogP contribution in [-0.4, -0.2) is 11.3 Å². The quantitative estimate of drug-likeness (QED) is 0.555. The number of hydrogen-bond donors (Lipinski definition) is 2. The Morgan fingerprint density at radius 3 is 3.00 bits per heavy atom. The van der Waals surface area contributed by atoms with Crippen molar-refractivity contribution in [2.75, 3.05) is 5.32 Å². The first-order valence-corrected chi connectivity index (χ1v) is 3.39. The third kappa shape index (κ3) is 0.772. The van der Waals surface area contributed by atoms with Crippen LogP contribution < -0.4 is 5.32 Å². The van der Waals surface area contributed by atoms with E-state index in [1.165, 1.54) is 5.56 Å². The van der Waals surface area contributed by atoms with Crippen molar-refractivity contribution < 1.29 is 5.11 Å². The first-order valence-electron chi connectivity index (χ1n) is 3.39. The average molecular weight is 135 g/mol. The molecule has 0 amide bonds. The molecule has 0 bridgehead atoms. The van der Waals surface area contributed by atoms with E-state index in [2.05, 4.69) is 5.32 Å². The van der Waals surface area contributed by atoms with Gasteiger partial charge in [-0.1, -0.05) is 18.2 Å². The number of nitrogens with one attached hydrogen (secondary N) is 1. The maximum atomic E-state index is 9.14. The van der Waals surface area contributed by atoms with E-state index in [4.69, 9.17) is 5.11 Å². The Bertz CT molecular complexity index is 222. The lowest BCUT2D eigenvalue weighted by Gasteiger charge is -1.99. The van der Waals surface area contributed by atoms with Gasteiger partial charge in [0.05, 0.1) is 0 Å². The van der Waals surface area contributed by atoms with Gasteiger partial charge >= 0.3 is 0 Å². The minimum Gasteiger partial charge on any atom is -0.373 e. The fourth-order valence-electron chi connectivity index (χ4n) is 1.28. The fraction of sp³-hybridized carbons (Fsp3) is 0.250. The zero-order valence-corrected chi connectivity index (χ0v) is 5.54. The van der Waals surface area contributed by atoms with Gasteiger partial charge in [-0.25, -0.2) is 0 Å². The molecule has 0 fully saturated rings. The Kier molecular flexibility index (Phi) is 1.14. The number of anilines is 1. The molecule has 1 aromatic rings. The molecule has 1 aromatic carbocycles. The van der Waals surface area contributed by atoms with E-state index in [9.17, 15) is 0 Å². The second-order valence-electron chi connectivity index (χ2n) is 2.52. The minimum absolute atomic E-state index is 0.377. The predicted molar refractivity (Wildman–Crippen MR) is 39.8 cm³/mol. The monoisotopic (exact) mass is 135 g/mol. The molecule has 0 aliphatic carbocycles. The van der Waals surface area contributed by atoms with E-state index < -0.39 is 0 Å². The van der Waals surface area contributed by atoms with Crippen molar-refractivity contribution in [3.05, 3.63) is 29.8 Å². The van der Waals surface area contributed by atoms with Crippen molar-refractivity contribution in [2.24, 2.45) is 0 Å². The molecule has 0 unspecified atom stereocenters. The maximum absolute atomic E-state index is 9.14. The van der Waals surface area contributed by atoms with E-state index >= 15 is 0 Å². The topological polar surface area (TPSA) is 32.3 Å². The molecule has 0 aromatic heterocycles. The van der Waals surface area contributed by atoms with Crippen LogP contribution in [0.1, 0.15) is 5.56 Å². The van der Waals surface area contributed by atoms with Gasteiger partial charge in [-0.2, -0.15) is 0 Å². The molecule has 2 rings (SSSR count). The van der Waals surface area contributed by atoms with Crippen molar-refractivity contribution in [3.63, 3.8) is 0 Å². The third-order valence-corrected chi connectivity index (χ3v) is 1.75. The van der Waals surface area contributed by atoms with Crippen LogP contribution in [0.3, 0.4) is 0 Å². The lowest BCUT2D eigenvalue weighted by Crippen LogP contribution is -2.12. The molecule has 0 spiro atoms. The lowest BCUT2D eigenvalue weighted by molar-refractivity contribution is 0.212. The molecule has 52 valence electrons. The Labute approximate surface area is 59.5 Å². The summed E-state index contributed by atoms with van der Waals surface area (Å²) in [6, 6.07) is 7.95. The summed E-state index contributed by atoms with van der Waals surface area (Å²) in [6.45, 7) is 0. The average Bonchev–Trinajstić information content (AvgIpc) is 2.27. The number of benzene rings is 1. The second kappa shape index (κ2) is 1.99. The summed E-state index contributed by atoms with van der Waals surface area (Å²) in [7, 11) is 0. The van der Waals surface area contributed by atoms with Gasteiger partial charge in [-0.05, 0) is 11.6 Å². The van der Waals surface area contributed by atoms with Crippen LogP contribution in [0.25, 0.3) is 0 Å². The van der Waals surface area contributed by atoms with E-state index in [1.54, 1.807) is 0 Å². The number of fused-ring (bicyclic) bond motifs is 1. The highest BCUT2D eigenvalue weighted by molar-refractivity contribution is 5.55. The van der Waals surface area contributed by atoms with Gasteiger partial charge in [0, 0.05) is 12.1 Å². The summed E-state index contributed by atoms with van der Waals surface area (Å²) in [5.41, 5.74) is 2.27. The molecule has 2 nitrogen and oxygen atoms in total. The molecule has 0 saturated carbocycles. The van der Waals surface area contributed by atoms with Crippen LogP contribution in [0.4, 0.5) is 5.69 Å². The lowest BCUT2D eigenvalue weighted by atomic mass is 10.2. The first kappa shape index (κ1) is 5.74. The Morgan fingerprint density at radius 2 is 2.20 bits per heavy atom. The van der Waals surface area contributed by atoms with Gasteiger partial charge in [0.1, 0.15) is 6.23 Å². The molecular formula is C8H9NO. The molecule has 0 saturated heterocycles. The molecule has 0 radical (unpaired) electrons. The van der Waals surface area contributed by atoms with Gasteiger partial charge in [-0.3, -0.25) is 0 Å². The zero-order chi connectivity index (χ0) is 6.97. The van der Waals surface area contributed by atoms with Crippen LogP contribution in [0.5, 0.6) is 0 Å². The van der Waals surface area contributed by atoms with E-state index in [0.29, 0.717) is 0 Å².